The number of nitrogen functional groups attached to an aromatic ring is 1. The fourth-order valence-electron chi connectivity index (χ4n) is 1.96. The third-order valence-corrected chi connectivity index (χ3v) is 2.53. The van der Waals surface area contributed by atoms with E-state index in [-0.39, 0.29) is 25.5 Å². The Hall–Kier alpha value is -1.46. The van der Waals surface area contributed by atoms with Gasteiger partial charge in [-0.05, 0) is 13.0 Å². The van der Waals surface area contributed by atoms with Crippen LogP contribution in [0.3, 0.4) is 0 Å². The van der Waals surface area contributed by atoms with E-state index >= 15 is 0 Å². The molecule has 0 bridgehead atoms. The highest BCUT2D eigenvalue weighted by Gasteiger charge is 2.37. The molecular weight excluding hydrogens is 214 g/mol. The summed E-state index contributed by atoms with van der Waals surface area (Å²) in [5.41, 5.74) is 3.95. The number of nitrogens with two attached hydrogens (primary N) is 1. The van der Waals surface area contributed by atoms with Crippen LogP contribution in [-0.2, 0) is 0 Å². The van der Waals surface area contributed by atoms with Crippen LogP contribution in [0.1, 0.15) is 13.3 Å². The Labute approximate surface area is 92.5 Å². The van der Waals surface area contributed by atoms with Crippen LogP contribution >= 0.6 is 0 Å². The fraction of sp³-hybridized carbons (Fsp3) is 0.600. The van der Waals surface area contributed by atoms with Gasteiger partial charge in [0.25, 0.3) is 0 Å². The molecule has 0 radical (unpaired) electrons. The number of halogens is 2. The highest BCUT2D eigenvalue weighted by molar-refractivity contribution is 5.39. The topological polar surface area (TPSA) is 55.0 Å². The Bertz CT molecular complexity index is 383. The van der Waals surface area contributed by atoms with E-state index < -0.39 is 11.8 Å². The number of nitrogens with zero attached hydrogens (tertiary/aromatic N) is 3. The number of anilines is 2. The van der Waals surface area contributed by atoms with Crippen LogP contribution in [-0.4, -0.2) is 34.9 Å². The Morgan fingerprint density at radius 2 is 2.38 bits per heavy atom. The zero-order valence-electron chi connectivity index (χ0n) is 9.03. The minimum atomic E-state index is -1.55. The van der Waals surface area contributed by atoms with Crippen LogP contribution in [0.15, 0.2) is 12.3 Å². The van der Waals surface area contributed by atoms with Crippen LogP contribution in [0.5, 0.6) is 0 Å². The molecule has 2 unspecified atom stereocenters. The van der Waals surface area contributed by atoms with Crippen LogP contribution in [0.2, 0.25) is 0 Å². The van der Waals surface area contributed by atoms with Crippen molar-refractivity contribution in [2.24, 2.45) is 0 Å². The summed E-state index contributed by atoms with van der Waals surface area (Å²) in [6, 6.07) is 1.54. The van der Waals surface area contributed by atoms with Crippen LogP contribution in [0.25, 0.3) is 0 Å². The first-order valence-electron chi connectivity index (χ1n) is 5.13. The minimum absolute atomic E-state index is 0.0776. The van der Waals surface area contributed by atoms with Gasteiger partial charge in [0, 0.05) is 12.6 Å². The van der Waals surface area contributed by atoms with E-state index in [9.17, 15) is 8.78 Å². The molecule has 16 heavy (non-hydrogen) atoms. The van der Waals surface area contributed by atoms with Crippen molar-refractivity contribution in [2.45, 2.75) is 25.2 Å². The molecular formula is C10H14F2N4. The number of aromatic nitrogens is 2. The maximum atomic E-state index is 13.8. The molecule has 2 atom stereocenters. The van der Waals surface area contributed by atoms with Crippen LogP contribution in [0.4, 0.5) is 20.5 Å². The summed E-state index contributed by atoms with van der Waals surface area (Å²) in [6.45, 7) is 1.60. The first-order chi connectivity index (χ1) is 7.46. The van der Waals surface area contributed by atoms with E-state index in [1.807, 2.05) is 0 Å². The van der Waals surface area contributed by atoms with E-state index in [2.05, 4.69) is 9.97 Å². The van der Waals surface area contributed by atoms with E-state index in [0.29, 0.717) is 5.82 Å². The van der Waals surface area contributed by atoms with E-state index in [4.69, 9.17) is 5.73 Å². The summed E-state index contributed by atoms with van der Waals surface area (Å²) in [5, 5.41) is 0. The molecule has 1 saturated heterocycles. The predicted molar refractivity (Wildman–Crippen MR) is 57.7 cm³/mol. The molecule has 0 aromatic carbocycles. The molecule has 0 saturated carbocycles. The second-order valence-electron chi connectivity index (χ2n) is 4.38. The summed E-state index contributed by atoms with van der Waals surface area (Å²) in [7, 11) is 0. The van der Waals surface area contributed by atoms with Crippen molar-refractivity contribution < 1.29 is 8.78 Å². The highest BCUT2D eigenvalue weighted by atomic mass is 19.2. The van der Waals surface area contributed by atoms with Crippen molar-refractivity contribution in [1.82, 2.24) is 9.97 Å². The fourth-order valence-corrected chi connectivity index (χ4v) is 1.96. The Morgan fingerprint density at radius 3 is 3.00 bits per heavy atom. The lowest BCUT2D eigenvalue weighted by molar-refractivity contribution is 0.105. The quantitative estimate of drug-likeness (QED) is 0.788. The molecule has 1 aliphatic rings. The summed E-state index contributed by atoms with van der Waals surface area (Å²) < 4.78 is 27.1. The van der Waals surface area contributed by atoms with E-state index in [1.54, 1.807) is 0 Å². The van der Waals surface area contributed by atoms with Crippen molar-refractivity contribution in [2.75, 3.05) is 23.7 Å². The maximum Gasteiger partial charge on any atom is 0.227 e. The Morgan fingerprint density at radius 1 is 1.62 bits per heavy atom. The largest absolute Gasteiger partial charge is 0.384 e. The average Bonchev–Trinajstić information content (AvgIpc) is 2.14. The predicted octanol–water partition coefficient (Wildman–Crippen LogP) is 1.34. The second-order valence-corrected chi connectivity index (χ2v) is 4.38. The monoisotopic (exact) mass is 228 g/mol. The molecule has 1 aromatic heterocycles. The first-order valence-corrected chi connectivity index (χ1v) is 5.13. The van der Waals surface area contributed by atoms with E-state index in [0.717, 1.165) is 0 Å². The molecule has 0 aliphatic carbocycles. The van der Waals surface area contributed by atoms with Crippen LogP contribution in [0, 0.1) is 0 Å². The van der Waals surface area contributed by atoms with Gasteiger partial charge in [0.1, 0.15) is 17.7 Å². The molecule has 0 amide bonds. The third kappa shape index (κ3) is 2.37. The molecule has 1 fully saturated rings. The molecule has 2 heterocycles. The molecule has 6 heteroatoms. The highest BCUT2D eigenvalue weighted by Crippen LogP contribution is 2.28. The summed E-state index contributed by atoms with van der Waals surface area (Å²) in [5.74, 6) is 0.581. The molecule has 2 N–H and O–H groups in total. The number of alkyl halides is 2. The van der Waals surface area contributed by atoms with E-state index in [1.165, 1.54) is 24.1 Å². The summed E-state index contributed by atoms with van der Waals surface area (Å²) in [6.07, 6.45) is 0.203. The number of piperidine rings is 1. The normalized spacial score (nSPS) is 30.4. The van der Waals surface area contributed by atoms with Crippen molar-refractivity contribution in [3.05, 3.63) is 12.3 Å². The van der Waals surface area contributed by atoms with Gasteiger partial charge >= 0.3 is 0 Å². The molecule has 4 nitrogen and oxygen atoms in total. The smallest absolute Gasteiger partial charge is 0.227 e. The average molecular weight is 228 g/mol. The molecule has 2 rings (SSSR count). The van der Waals surface area contributed by atoms with Crippen LogP contribution < -0.4 is 10.6 Å². The lowest BCUT2D eigenvalue weighted by Gasteiger charge is -2.36. The Balaban J connectivity index is 2.21. The van der Waals surface area contributed by atoms with Gasteiger partial charge in [0.2, 0.25) is 5.95 Å². The second kappa shape index (κ2) is 3.84. The van der Waals surface area contributed by atoms with Crippen molar-refractivity contribution in [3.8, 4) is 0 Å². The van der Waals surface area contributed by atoms with Gasteiger partial charge < -0.3 is 10.6 Å². The van der Waals surface area contributed by atoms with Gasteiger partial charge in [-0.2, -0.15) is 4.98 Å². The first kappa shape index (κ1) is 11.0. The Kier molecular flexibility index (Phi) is 2.65. The van der Waals surface area contributed by atoms with Crippen molar-refractivity contribution >= 4 is 11.8 Å². The minimum Gasteiger partial charge on any atom is -0.384 e. The summed E-state index contributed by atoms with van der Waals surface area (Å²) >= 11 is 0. The zero-order chi connectivity index (χ0) is 11.8. The van der Waals surface area contributed by atoms with Gasteiger partial charge in [0.15, 0.2) is 0 Å². The number of hydrogen-bond acceptors (Lipinski definition) is 4. The van der Waals surface area contributed by atoms with Gasteiger partial charge in [-0.1, -0.05) is 0 Å². The molecule has 1 aliphatic heterocycles. The third-order valence-electron chi connectivity index (χ3n) is 2.53. The lowest BCUT2D eigenvalue weighted by atomic mass is 9.96. The lowest BCUT2D eigenvalue weighted by Crippen LogP contribution is -2.49. The SMILES string of the molecule is CC1(F)CC(F)CN(c2nccc(N)n2)C1. The molecule has 1 aromatic rings. The zero-order valence-corrected chi connectivity index (χ0v) is 9.03. The molecule has 0 spiro atoms. The molecule has 88 valence electrons. The number of hydrogen-bond donors (Lipinski definition) is 1. The number of rotatable bonds is 1. The van der Waals surface area contributed by atoms with Crippen molar-refractivity contribution in [1.29, 1.82) is 0 Å². The van der Waals surface area contributed by atoms with Gasteiger partial charge in [-0.25, -0.2) is 13.8 Å². The van der Waals surface area contributed by atoms with Gasteiger partial charge in [0.05, 0.1) is 13.1 Å². The van der Waals surface area contributed by atoms with Gasteiger partial charge in [-0.15, -0.1) is 0 Å². The maximum absolute atomic E-state index is 13.8. The standard InChI is InChI=1S/C10H14F2N4/c1-10(12)4-7(11)5-16(6-10)9-14-3-2-8(13)15-9/h2-3,7H,4-6H2,1H3,(H2,13,14,15). The van der Waals surface area contributed by atoms with Crippen molar-refractivity contribution in [3.63, 3.8) is 0 Å². The van der Waals surface area contributed by atoms with Gasteiger partial charge in [-0.3, -0.25) is 0 Å². The summed E-state index contributed by atoms with van der Waals surface area (Å²) in [4.78, 5) is 9.41.